The molecule has 0 aliphatic carbocycles. The molecule has 0 saturated heterocycles. The van der Waals surface area contributed by atoms with Crippen molar-refractivity contribution < 1.29 is 33.3 Å². The minimum Gasteiger partial charge on any atom is -0.506 e. The zero-order chi connectivity index (χ0) is 21.9. The van der Waals surface area contributed by atoms with Crippen LogP contribution in [0.15, 0.2) is 54.8 Å². The molecule has 0 fully saturated rings. The van der Waals surface area contributed by atoms with Gasteiger partial charge in [-0.2, -0.15) is 0 Å². The van der Waals surface area contributed by atoms with Crippen molar-refractivity contribution in [3.63, 3.8) is 0 Å². The molecule has 0 amide bonds. The molecule has 5 rings (SSSR count). The van der Waals surface area contributed by atoms with Gasteiger partial charge < -0.3 is 33.3 Å². The van der Waals surface area contributed by atoms with E-state index in [-0.39, 0.29) is 39.2 Å². The third-order valence-corrected chi connectivity index (χ3v) is 5.37. The molecule has 2 aromatic carbocycles. The molecule has 4 aromatic rings. The Morgan fingerprint density at radius 1 is 0.839 bits per heavy atom. The fraction of sp³-hybridized carbons (Fsp3) is 0.182. The molecule has 2 N–H and O–H groups in total. The van der Waals surface area contributed by atoms with Crippen molar-refractivity contribution in [1.29, 1.82) is 0 Å². The number of methoxy groups -OCH3 is 2. The van der Waals surface area contributed by atoms with Crippen LogP contribution in [0.2, 0.25) is 0 Å². The summed E-state index contributed by atoms with van der Waals surface area (Å²) in [5.74, 6) is -1.22. The zero-order valence-corrected chi connectivity index (χ0v) is 16.4. The SMILES string of the molecule is COc1cccc2oc(=O)c(C3c4c(c5c(OC)cccc5oc4=O)OC3O)c(O)c12. The van der Waals surface area contributed by atoms with Gasteiger partial charge >= 0.3 is 11.3 Å². The number of fused-ring (bicyclic) bond motifs is 4. The van der Waals surface area contributed by atoms with Gasteiger partial charge in [-0.1, -0.05) is 12.1 Å². The molecule has 2 atom stereocenters. The van der Waals surface area contributed by atoms with Gasteiger partial charge in [-0.25, -0.2) is 9.59 Å². The third-order valence-electron chi connectivity index (χ3n) is 5.37. The van der Waals surface area contributed by atoms with Crippen LogP contribution in [0.1, 0.15) is 17.0 Å². The van der Waals surface area contributed by atoms with Crippen LogP contribution in [0.5, 0.6) is 23.0 Å². The Labute approximate surface area is 173 Å². The Bertz CT molecular complexity index is 1460. The molecule has 9 nitrogen and oxygen atoms in total. The summed E-state index contributed by atoms with van der Waals surface area (Å²) in [6, 6.07) is 9.49. The highest BCUT2D eigenvalue weighted by Crippen LogP contribution is 2.48. The number of aliphatic hydroxyl groups is 1. The van der Waals surface area contributed by atoms with E-state index in [4.69, 9.17) is 23.0 Å². The predicted octanol–water partition coefficient (Wildman–Crippen LogP) is 2.46. The maximum absolute atomic E-state index is 12.8. The second kappa shape index (κ2) is 6.78. The zero-order valence-electron chi connectivity index (χ0n) is 16.4. The van der Waals surface area contributed by atoms with Crippen LogP contribution in [-0.2, 0) is 0 Å². The molecule has 2 unspecified atom stereocenters. The molecule has 0 saturated carbocycles. The van der Waals surface area contributed by atoms with Crippen molar-refractivity contribution in [2.75, 3.05) is 14.2 Å². The molecule has 1 aliphatic heterocycles. The fourth-order valence-corrected chi connectivity index (χ4v) is 4.04. The van der Waals surface area contributed by atoms with Crippen LogP contribution in [0, 0.1) is 0 Å². The van der Waals surface area contributed by atoms with Gasteiger partial charge in [0.2, 0.25) is 6.29 Å². The average molecular weight is 424 g/mol. The topological polar surface area (TPSA) is 129 Å². The average Bonchev–Trinajstić information content (AvgIpc) is 3.10. The number of rotatable bonds is 3. The van der Waals surface area contributed by atoms with Crippen molar-refractivity contribution in [1.82, 2.24) is 0 Å². The lowest BCUT2D eigenvalue weighted by molar-refractivity contribution is -0.00992. The van der Waals surface area contributed by atoms with Gasteiger partial charge in [0.05, 0.1) is 31.3 Å². The fourth-order valence-electron chi connectivity index (χ4n) is 4.04. The lowest BCUT2D eigenvalue weighted by Crippen LogP contribution is -2.26. The number of aromatic hydroxyl groups is 1. The molecule has 1 aliphatic rings. The van der Waals surface area contributed by atoms with E-state index in [9.17, 15) is 19.8 Å². The van der Waals surface area contributed by atoms with E-state index in [1.165, 1.54) is 20.3 Å². The minimum absolute atomic E-state index is 0.0140. The Morgan fingerprint density at radius 3 is 2.00 bits per heavy atom. The summed E-state index contributed by atoms with van der Waals surface area (Å²) in [5.41, 5.74) is -1.94. The summed E-state index contributed by atoms with van der Waals surface area (Å²) in [7, 11) is 2.83. The van der Waals surface area contributed by atoms with Gasteiger partial charge in [0.15, 0.2) is 0 Å². The van der Waals surface area contributed by atoms with Crippen LogP contribution in [0.3, 0.4) is 0 Å². The first-order valence-corrected chi connectivity index (χ1v) is 9.27. The Balaban J connectivity index is 1.86. The second-order valence-electron chi connectivity index (χ2n) is 6.94. The van der Waals surface area contributed by atoms with Crippen LogP contribution < -0.4 is 25.5 Å². The van der Waals surface area contributed by atoms with Gasteiger partial charge in [0.25, 0.3) is 0 Å². The third kappa shape index (κ3) is 2.60. The Kier molecular flexibility index (Phi) is 4.16. The maximum atomic E-state index is 12.8. The molecule has 2 aromatic heterocycles. The minimum atomic E-state index is -1.66. The number of aliphatic hydroxyl groups excluding tert-OH is 1. The Morgan fingerprint density at radius 2 is 1.39 bits per heavy atom. The maximum Gasteiger partial charge on any atom is 0.344 e. The molecular formula is C22H16O9. The van der Waals surface area contributed by atoms with Gasteiger partial charge in [-0.05, 0) is 24.3 Å². The van der Waals surface area contributed by atoms with Crippen LogP contribution in [0.25, 0.3) is 21.9 Å². The summed E-state index contributed by atoms with van der Waals surface area (Å²) in [4.78, 5) is 25.6. The van der Waals surface area contributed by atoms with Crippen molar-refractivity contribution in [3.8, 4) is 23.0 Å². The standard InChI is InChI=1S/C22H16O9/c1-27-9-5-3-7-11-13(9)18(23)16(21(25)29-11)15-17-19(31-20(15)24)14-10(28-2)6-4-8-12(14)30-22(17)26/h3-8,15,20,23-24H,1-2H3. The summed E-state index contributed by atoms with van der Waals surface area (Å²) in [6.07, 6.45) is -1.66. The second-order valence-corrected chi connectivity index (χ2v) is 6.94. The lowest BCUT2D eigenvalue weighted by atomic mass is 9.92. The lowest BCUT2D eigenvalue weighted by Gasteiger charge is -2.15. The number of benzene rings is 2. The van der Waals surface area contributed by atoms with E-state index in [0.717, 1.165) is 0 Å². The summed E-state index contributed by atoms with van der Waals surface area (Å²) >= 11 is 0. The van der Waals surface area contributed by atoms with Gasteiger partial charge in [0, 0.05) is 0 Å². The van der Waals surface area contributed by atoms with Gasteiger partial charge in [-0.3, -0.25) is 0 Å². The van der Waals surface area contributed by atoms with E-state index in [2.05, 4.69) is 0 Å². The molecule has 0 spiro atoms. The van der Waals surface area contributed by atoms with Crippen LogP contribution >= 0.6 is 0 Å². The highest BCUT2D eigenvalue weighted by Gasteiger charge is 2.43. The van der Waals surface area contributed by atoms with E-state index in [1.807, 2.05) is 0 Å². The van der Waals surface area contributed by atoms with Gasteiger partial charge in [0.1, 0.15) is 44.9 Å². The van der Waals surface area contributed by atoms with Crippen LogP contribution in [0.4, 0.5) is 0 Å². The summed E-state index contributed by atoms with van der Waals surface area (Å²) in [5, 5.41) is 22.1. The Hall–Kier alpha value is -3.98. The van der Waals surface area contributed by atoms with E-state index in [1.54, 1.807) is 30.3 Å². The van der Waals surface area contributed by atoms with E-state index >= 15 is 0 Å². The van der Waals surface area contributed by atoms with Gasteiger partial charge in [-0.15, -0.1) is 0 Å². The normalized spacial score (nSPS) is 17.5. The van der Waals surface area contributed by atoms with Crippen molar-refractivity contribution >= 4 is 21.9 Å². The highest BCUT2D eigenvalue weighted by atomic mass is 16.6. The largest absolute Gasteiger partial charge is 0.506 e. The van der Waals surface area contributed by atoms with Crippen molar-refractivity contribution in [2.45, 2.75) is 12.2 Å². The number of hydrogen-bond donors (Lipinski definition) is 2. The smallest absolute Gasteiger partial charge is 0.344 e. The first kappa shape index (κ1) is 19.0. The first-order chi connectivity index (χ1) is 15.0. The molecule has 31 heavy (non-hydrogen) atoms. The summed E-state index contributed by atoms with van der Waals surface area (Å²) in [6.45, 7) is 0. The molecule has 0 radical (unpaired) electrons. The molecule has 9 heteroatoms. The monoisotopic (exact) mass is 424 g/mol. The highest BCUT2D eigenvalue weighted by molar-refractivity contribution is 5.93. The van der Waals surface area contributed by atoms with E-state index < -0.39 is 29.2 Å². The number of ether oxygens (including phenoxy) is 3. The van der Waals surface area contributed by atoms with Crippen LogP contribution in [-0.4, -0.2) is 30.7 Å². The molecular weight excluding hydrogens is 408 g/mol. The predicted molar refractivity (Wildman–Crippen MR) is 108 cm³/mol. The van der Waals surface area contributed by atoms with E-state index in [0.29, 0.717) is 11.1 Å². The molecule has 3 heterocycles. The summed E-state index contributed by atoms with van der Waals surface area (Å²) < 4.78 is 26.9. The van der Waals surface area contributed by atoms with Crippen molar-refractivity contribution in [2.24, 2.45) is 0 Å². The molecule has 158 valence electrons. The molecule has 0 bridgehead atoms. The number of hydrogen-bond acceptors (Lipinski definition) is 9. The first-order valence-electron chi connectivity index (χ1n) is 9.27. The van der Waals surface area contributed by atoms with Crippen molar-refractivity contribution in [3.05, 3.63) is 68.4 Å². The quantitative estimate of drug-likeness (QED) is 0.477.